The standard InChI is InChI=1S/C18H17N3O2S/c1-13(12-23-15-10-6-3-7-11-15)20-21-18-19-17(22)16(24-18)14-8-4-2-5-9-14/h2-11,16H,12H2,1H3,(H,19,21,22)/b20-13+. The van der Waals surface area contributed by atoms with Crippen molar-refractivity contribution >= 4 is 28.5 Å². The van der Waals surface area contributed by atoms with Crippen molar-refractivity contribution in [2.45, 2.75) is 12.2 Å². The van der Waals surface area contributed by atoms with E-state index in [-0.39, 0.29) is 11.2 Å². The third-order valence-electron chi connectivity index (χ3n) is 3.30. The summed E-state index contributed by atoms with van der Waals surface area (Å²) in [6.07, 6.45) is 0. The second kappa shape index (κ2) is 7.79. The number of nitrogens with zero attached hydrogens (tertiary/aromatic N) is 2. The lowest BCUT2D eigenvalue weighted by Gasteiger charge is -2.04. The number of rotatable bonds is 5. The van der Waals surface area contributed by atoms with E-state index in [2.05, 4.69) is 15.5 Å². The van der Waals surface area contributed by atoms with Crippen molar-refractivity contribution in [2.75, 3.05) is 6.61 Å². The van der Waals surface area contributed by atoms with Crippen LogP contribution < -0.4 is 10.1 Å². The quantitative estimate of drug-likeness (QED) is 0.671. The summed E-state index contributed by atoms with van der Waals surface area (Å²) >= 11 is 1.37. The second-order valence-corrected chi connectivity index (χ2v) is 6.33. The summed E-state index contributed by atoms with van der Waals surface area (Å²) in [4.78, 5) is 12.1. The molecule has 2 aromatic carbocycles. The molecule has 2 aromatic rings. The van der Waals surface area contributed by atoms with Crippen molar-refractivity contribution in [3.63, 3.8) is 0 Å². The number of thioether (sulfide) groups is 1. The van der Waals surface area contributed by atoms with Crippen LogP contribution >= 0.6 is 11.8 Å². The second-order valence-electron chi connectivity index (χ2n) is 5.24. The van der Waals surface area contributed by atoms with E-state index in [0.717, 1.165) is 17.0 Å². The number of hydrogen-bond donors (Lipinski definition) is 1. The molecule has 1 amide bonds. The highest BCUT2D eigenvalue weighted by Crippen LogP contribution is 2.34. The predicted molar refractivity (Wildman–Crippen MR) is 97.4 cm³/mol. The molecule has 1 fully saturated rings. The van der Waals surface area contributed by atoms with Gasteiger partial charge in [-0.05, 0) is 24.6 Å². The van der Waals surface area contributed by atoms with E-state index in [1.165, 1.54) is 11.8 Å². The minimum atomic E-state index is -0.277. The fourth-order valence-corrected chi connectivity index (χ4v) is 3.06. The summed E-state index contributed by atoms with van der Waals surface area (Å²) in [6.45, 7) is 2.19. The molecule has 1 saturated heterocycles. The molecule has 1 aliphatic heterocycles. The van der Waals surface area contributed by atoms with Gasteiger partial charge in [-0.1, -0.05) is 60.3 Å². The van der Waals surface area contributed by atoms with Crippen molar-refractivity contribution in [2.24, 2.45) is 10.2 Å². The van der Waals surface area contributed by atoms with Crippen LogP contribution in [0.15, 0.2) is 70.9 Å². The molecular weight excluding hydrogens is 322 g/mol. The molecule has 1 N–H and O–H groups in total. The summed E-state index contributed by atoms with van der Waals surface area (Å²) in [5, 5.41) is 11.2. The average Bonchev–Trinajstić information content (AvgIpc) is 3.00. The Hall–Kier alpha value is -2.60. The van der Waals surface area contributed by atoms with Crippen LogP contribution in [0.5, 0.6) is 5.75 Å². The zero-order valence-electron chi connectivity index (χ0n) is 13.2. The molecule has 1 heterocycles. The molecular formula is C18H17N3O2S. The van der Waals surface area contributed by atoms with Gasteiger partial charge in [0.1, 0.15) is 17.6 Å². The lowest BCUT2D eigenvalue weighted by molar-refractivity contribution is -0.118. The number of ether oxygens (including phenoxy) is 1. The smallest absolute Gasteiger partial charge is 0.244 e. The molecule has 1 atom stereocenters. The summed E-state index contributed by atoms with van der Waals surface area (Å²) in [7, 11) is 0. The number of benzene rings is 2. The van der Waals surface area contributed by atoms with Gasteiger partial charge < -0.3 is 10.1 Å². The summed E-state index contributed by atoms with van der Waals surface area (Å²) < 4.78 is 5.60. The number of hydrogen-bond acceptors (Lipinski definition) is 5. The van der Waals surface area contributed by atoms with Crippen LogP contribution in [-0.2, 0) is 4.79 Å². The summed E-state index contributed by atoms with van der Waals surface area (Å²) in [6, 6.07) is 19.2. The molecule has 0 aliphatic carbocycles. The molecule has 5 nitrogen and oxygen atoms in total. The maximum Gasteiger partial charge on any atom is 0.244 e. The first kappa shape index (κ1) is 16.3. The Kier molecular flexibility index (Phi) is 5.28. The highest BCUT2D eigenvalue weighted by atomic mass is 32.2. The molecule has 0 saturated carbocycles. The first-order chi connectivity index (χ1) is 11.7. The highest BCUT2D eigenvalue weighted by molar-refractivity contribution is 8.15. The van der Waals surface area contributed by atoms with Crippen molar-refractivity contribution in [3.05, 3.63) is 66.2 Å². The van der Waals surface area contributed by atoms with Gasteiger partial charge in [0.05, 0.1) is 5.71 Å². The topological polar surface area (TPSA) is 63.1 Å². The fourth-order valence-electron chi connectivity index (χ4n) is 2.13. The van der Waals surface area contributed by atoms with Crippen molar-refractivity contribution < 1.29 is 9.53 Å². The maximum absolute atomic E-state index is 12.1. The van der Waals surface area contributed by atoms with E-state index in [4.69, 9.17) is 4.74 Å². The van der Waals surface area contributed by atoms with E-state index in [0.29, 0.717) is 11.8 Å². The average molecular weight is 339 g/mol. The van der Waals surface area contributed by atoms with Crippen molar-refractivity contribution in [3.8, 4) is 5.75 Å². The molecule has 0 bridgehead atoms. The van der Waals surface area contributed by atoms with Gasteiger partial charge in [0, 0.05) is 0 Å². The fraction of sp³-hybridized carbons (Fsp3) is 0.167. The SMILES string of the molecule is C/C(COc1ccccc1)=N\N=C1/NC(=O)C(c2ccccc2)S1. The molecule has 24 heavy (non-hydrogen) atoms. The van der Waals surface area contributed by atoms with Gasteiger partial charge in [-0.15, -0.1) is 5.10 Å². The number of carbonyl (C=O) groups excluding carboxylic acids is 1. The van der Waals surface area contributed by atoms with E-state index in [1.807, 2.05) is 67.6 Å². The lowest BCUT2D eigenvalue weighted by atomic mass is 10.1. The first-order valence-electron chi connectivity index (χ1n) is 7.54. The van der Waals surface area contributed by atoms with Crippen molar-refractivity contribution in [1.82, 2.24) is 5.32 Å². The molecule has 1 unspecified atom stereocenters. The van der Waals surface area contributed by atoms with Crippen LogP contribution in [0.1, 0.15) is 17.7 Å². The Morgan fingerprint density at radius 1 is 1.12 bits per heavy atom. The normalized spacial score (nSPS) is 19.4. The Bertz CT molecular complexity index is 760. The molecule has 3 rings (SSSR count). The van der Waals surface area contributed by atoms with Gasteiger partial charge in [0.2, 0.25) is 5.91 Å². The van der Waals surface area contributed by atoms with Gasteiger partial charge in [-0.25, -0.2) is 0 Å². The van der Waals surface area contributed by atoms with Gasteiger partial charge in [0.25, 0.3) is 0 Å². The maximum atomic E-state index is 12.1. The Balaban J connectivity index is 1.59. The molecule has 122 valence electrons. The Morgan fingerprint density at radius 2 is 1.79 bits per heavy atom. The van der Waals surface area contributed by atoms with E-state index < -0.39 is 0 Å². The van der Waals surface area contributed by atoms with E-state index in [1.54, 1.807) is 0 Å². The van der Waals surface area contributed by atoms with Crippen LogP contribution in [0, 0.1) is 0 Å². The van der Waals surface area contributed by atoms with Crippen molar-refractivity contribution in [1.29, 1.82) is 0 Å². The highest BCUT2D eigenvalue weighted by Gasteiger charge is 2.31. The van der Waals surface area contributed by atoms with E-state index >= 15 is 0 Å². The molecule has 0 aromatic heterocycles. The third-order valence-corrected chi connectivity index (χ3v) is 4.43. The van der Waals surface area contributed by atoms with Gasteiger partial charge in [-0.2, -0.15) is 5.10 Å². The lowest BCUT2D eigenvalue weighted by Crippen LogP contribution is -2.21. The van der Waals surface area contributed by atoms with Gasteiger partial charge in [-0.3, -0.25) is 4.79 Å². The van der Waals surface area contributed by atoms with E-state index in [9.17, 15) is 4.79 Å². The molecule has 0 radical (unpaired) electrons. The Labute approximate surface area is 144 Å². The molecule has 1 aliphatic rings. The first-order valence-corrected chi connectivity index (χ1v) is 8.42. The number of carbonyl (C=O) groups is 1. The zero-order chi connectivity index (χ0) is 16.8. The van der Waals surface area contributed by atoms with Crippen LogP contribution in [-0.4, -0.2) is 23.4 Å². The molecule has 0 spiro atoms. The third kappa shape index (κ3) is 4.23. The summed E-state index contributed by atoms with van der Waals surface area (Å²) in [5.74, 6) is 0.714. The van der Waals surface area contributed by atoms with Gasteiger partial charge in [0.15, 0.2) is 5.17 Å². The number of para-hydroxylation sites is 1. The van der Waals surface area contributed by atoms with Crippen LogP contribution in [0.2, 0.25) is 0 Å². The van der Waals surface area contributed by atoms with Crippen LogP contribution in [0.4, 0.5) is 0 Å². The van der Waals surface area contributed by atoms with Crippen LogP contribution in [0.3, 0.4) is 0 Å². The van der Waals surface area contributed by atoms with Gasteiger partial charge >= 0.3 is 0 Å². The Morgan fingerprint density at radius 3 is 2.50 bits per heavy atom. The number of nitrogens with one attached hydrogen (secondary N) is 1. The molecule has 6 heteroatoms. The minimum Gasteiger partial charge on any atom is -0.488 e. The van der Waals surface area contributed by atoms with Crippen LogP contribution in [0.25, 0.3) is 0 Å². The monoisotopic (exact) mass is 339 g/mol. The largest absolute Gasteiger partial charge is 0.488 e. The minimum absolute atomic E-state index is 0.0710. The summed E-state index contributed by atoms with van der Waals surface area (Å²) in [5.41, 5.74) is 1.68. The zero-order valence-corrected chi connectivity index (χ0v) is 14.0. The number of amides is 1. The predicted octanol–water partition coefficient (Wildman–Crippen LogP) is 3.40. The number of amidine groups is 1.